The molecule has 1 aromatic heterocycles. The molecule has 0 saturated heterocycles. The fourth-order valence-corrected chi connectivity index (χ4v) is 2.51. The summed E-state index contributed by atoms with van der Waals surface area (Å²) in [4.78, 5) is 34.7. The number of nitrogens with zero attached hydrogens (tertiary/aromatic N) is 3. The number of carbonyl (C=O) groups is 1. The molecule has 0 atom stereocenters. The Morgan fingerprint density at radius 3 is 2.61 bits per heavy atom. The van der Waals surface area contributed by atoms with E-state index >= 15 is 0 Å². The Morgan fingerprint density at radius 2 is 1.93 bits per heavy atom. The van der Waals surface area contributed by atoms with Gasteiger partial charge < -0.3 is 10.1 Å². The van der Waals surface area contributed by atoms with Gasteiger partial charge in [-0.1, -0.05) is 12.1 Å². The molecule has 0 spiro atoms. The first-order valence-electron chi connectivity index (χ1n) is 8.23. The maximum absolute atomic E-state index is 12.2. The minimum absolute atomic E-state index is 0.0886. The van der Waals surface area contributed by atoms with E-state index in [2.05, 4.69) is 10.4 Å². The van der Waals surface area contributed by atoms with Gasteiger partial charge in [0.15, 0.2) is 0 Å². The van der Waals surface area contributed by atoms with Crippen molar-refractivity contribution < 1.29 is 14.5 Å². The fraction of sp³-hybridized carbons (Fsp3) is 0.105. The summed E-state index contributed by atoms with van der Waals surface area (Å²) in [5, 5.41) is 17.8. The highest BCUT2D eigenvalue weighted by molar-refractivity contribution is 5.90. The van der Waals surface area contributed by atoms with Gasteiger partial charge in [0.2, 0.25) is 5.91 Å². The number of anilines is 1. The number of benzene rings is 2. The van der Waals surface area contributed by atoms with Gasteiger partial charge in [-0.2, -0.15) is 5.10 Å². The number of amides is 1. The number of carbonyl (C=O) groups excluding carboxylic acids is 1. The van der Waals surface area contributed by atoms with Crippen molar-refractivity contribution in [2.45, 2.75) is 6.54 Å². The number of methoxy groups -OCH3 is 1. The Kier molecular flexibility index (Phi) is 5.45. The summed E-state index contributed by atoms with van der Waals surface area (Å²) in [6, 6.07) is 15.4. The predicted molar refractivity (Wildman–Crippen MR) is 102 cm³/mol. The highest BCUT2D eigenvalue weighted by Gasteiger charge is 2.11. The molecule has 0 radical (unpaired) electrons. The smallest absolute Gasteiger partial charge is 0.270 e. The topological polar surface area (TPSA) is 116 Å². The number of nitrogens with one attached hydrogen (secondary N) is 1. The Hall–Kier alpha value is -4.01. The van der Waals surface area contributed by atoms with Crippen LogP contribution >= 0.6 is 0 Å². The summed E-state index contributed by atoms with van der Waals surface area (Å²) in [5.74, 6) is 0.219. The van der Waals surface area contributed by atoms with Crippen LogP contribution in [0.1, 0.15) is 0 Å². The number of non-ortho nitro benzene ring substituents is 1. The van der Waals surface area contributed by atoms with E-state index < -0.39 is 16.4 Å². The van der Waals surface area contributed by atoms with Gasteiger partial charge in [-0.25, -0.2) is 4.68 Å². The third-order valence-electron chi connectivity index (χ3n) is 3.89. The first kappa shape index (κ1) is 18.8. The van der Waals surface area contributed by atoms with E-state index in [1.54, 1.807) is 37.4 Å². The molecular weight excluding hydrogens is 364 g/mol. The zero-order chi connectivity index (χ0) is 20.1. The molecule has 1 amide bonds. The van der Waals surface area contributed by atoms with Crippen LogP contribution in [0.25, 0.3) is 11.3 Å². The Morgan fingerprint density at radius 1 is 1.18 bits per heavy atom. The van der Waals surface area contributed by atoms with Gasteiger partial charge in [0, 0.05) is 29.4 Å². The van der Waals surface area contributed by atoms with Crippen molar-refractivity contribution in [2.75, 3.05) is 12.4 Å². The van der Waals surface area contributed by atoms with Crippen LogP contribution in [0.4, 0.5) is 11.4 Å². The lowest BCUT2D eigenvalue weighted by molar-refractivity contribution is -0.384. The van der Waals surface area contributed by atoms with Gasteiger partial charge in [0.25, 0.3) is 11.2 Å². The maximum Gasteiger partial charge on any atom is 0.270 e. The van der Waals surface area contributed by atoms with Gasteiger partial charge in [0.05, 0.1) is 17.7 Å². The van der Waals surface area contributed by atoms with Gasteiger partial charge in [-0.15, -0.1) is 0 Å². The van der Waals surface area contributed by atoms with E-state index in [9.17, 15) is 19.7 Å². The van der Waals surface area contributed by atoms with Crippen LogP contribution in [-0.2, 0) is 11.3 Å². The predicted octanol–water partition coefficient (Wildman–Crippen LogP) is 2.47. The van der Waals surface area contributed by atoms with Crippen LogP contribution < -0.4 is 15.6 Å². The van der Waals surface area contributed by atoms with Crippen molar-refractivity contribution in [1.29, 1.82) is 0 Å². The second kappa shape index (κ2) is 8.12. The lowest BCUT2D eigenvalue weighted by Crippen LogP contribution is -2.29. The highest BCUT2D eigenvalue weighted by atomic mass is 16.6. The zero-order valence-corrected chi connectivity index (χ0v) is 14.9. The molecule has 0 saturated carbocycles. The van der Waals surface area contributed by atoms with E-state index in [0.29, 0.717) is 22.7 Å². The number of hydrogen-bond donors (Lipinski definition) is 1. The van der Waals surface area contributed by atoms with Crippen molar-refractivity contribution in [1.82, 2.24) is 9.78 Å². The van der Waals surface area contributed by atoms with Crippen molar-refractivity contribution >= 4 is 17.3 Å². The van der Waals surface area contributed by atoms with Crippen LogP contribution in [0.15, 0.2) is 65.5 Å². The molecule has 0 aliphatic heterocycles. The second-order valence-electron chi connectivity index (χ2n) is 5.80. The number of hydrogen-bond acceptors (Lipinski definition) is 6. The molecule has 142 valence electrons. The third-order valence-corrected chi connectivity index (χ3v) is 3.89. The van der Waals surface area contributed by atoms with E-state index in [4.69, 9.17) is 4.74 Å². The van der Waals surface area contributed by atoms with Crippen LogP contribution in [0.2, 0.25) is 0 Å². The average molecular weight is 380 g/mol. The molecule has 9 heteroatoms. The summed E-state index contributed by atoms with van der Waals surface area (Å²) in [5.41, 5.74) is 0.820. The lowest BCUT2D eigenvalue weighted by Gasteiger charge is -2.09. The Labute approximate surface area is 159 Å². The second-order valence-corrected chi connectivity index (χ2v) is 5.80. The standard InChI is InChI=1S/C19H16N4O5/c1-28-16-7-5-14(6-8-16)20-18(24)12-22-19(25)10-9-17(21-22)13-3-2-4-15(11-13)23(26)27/h2-11H,12H2,1H3,(H,20,24). The Balaban J connectivity index is 1.79. The monoisotopic (exact) mass is 380 g/mol. The van der Waals surface area contributed by atoms with Crippen LogP contribution in [-0.4, -0.2) is 27.7 Å². The summed E-state index contributed by atoms with van der Waals surface area (Å²) >= 11 is 0. The molecule has 0 bridgehead atoms. The largest absolute Gasteiger partial charge is 0.497 e. The third kappa shape index (κ3) is 4.39. The Bertz CT molecular complexity index is 1080. The summed E-state index contributed by atoms with van der Waals surface area (Å²) in [6.07, 6.45) is 0. The fourth-order valence-electron chi connectivity index (χ4n) is 2.51. The van der Waals surface area contributed by atoms with E-state index in [1.165, 1.54) is 30.3 Å². The SMILES string of the molecule is COc1ccc(NC(=O)Cn2nc(-c3cccc([N+](=O)[O-])c3)ccc2=O)cc1. The normalized spacial score (nSPS) is 10.3. The molecule has 1 heterocycles. The van der Waals surface area contributed by atoms with Gasteiger partial charge in [0.1, 0.15) is 12.3 Å². The molecular formula is C19H16N4O5. The molecule has 0 aliphatic rings. The quantitative estimate of drug-likeness (QED) is 0.519. The minimum Gasteiger partial charge on any atom is -0.497 e. The molecule has 0 fully saturated rings. The van der Waals surface area contributed by atoms with E-state index in [1.807, 2.05) is 0 Å². The molecule has 3 rings (SSSR count). The first-order valence-corrected chi connectivity index (χ1v) is 8.23. The van der Waals surface area contributed by atoms with E-state index in [-0.39, 0.29) is 12.2 Å². The van der Waals surface area contributed by atoms with Crippen LogP contribution in [0, 0.1) is 10.1 Å². The van der Waals surface area contributed by atoms with Crippen LogP contribution in [0.5, 0.6) is 5.75 Å². The molecule has 0 aliphatic carbocycles. The molecule has 9 nitrogen and oxygen atoms in total. The number of ether oxygens (including phenoxy) is 1. The average Bonchev–Trinajstić information content (AvgIpc) is 2.70. The first-order chi connectivity index (χ1) is 13.5. The number of nitro groups is 1. The van der Waals surface area contributed by atoms with Crippen molar-refractivity contribution in [3.8, 4) is 17.0 Å². The van der Waals surface area contributed by atoms with Gasteiger partial charge >= 0.3 is 0 Å². The number of aromatic nitrogens is 2. The van der Waals surface area contributed by atoms with E-state index in [0.717, 1.165) is 4.68 Å². The minimum atomic E-state index is -0.512. The molecule has 0 unspecified atom stereocenters. The highest BCUT2D eigenvalue weighted by Crippen LogP contribution is 2.21. The number of nitro benzene ring substituents is 1. The lowest BCUT2D eigenvalue weighted by atomic mass is 10.1. The zero-order valence-electron chi connectivity index (χ0n) is 14.9. The molecule has 3 aromatic rings. The molecule has 1 N–H and O–H groups in total. The van der Waals surface area contributed by atoms with Gasteiger partial charge in [-0.05, 0) is 30.3 Å². The van der Waals surface area contributed by atoms with Gasteiger partial charge in [-0.3, -0.25) is 19.7 Å². The molecule has 28 heavy (non-hydrogen) atoms. The van der Waals surface area contributed by atoms with Crippen LogP contribution in [0.3, 0.4) is 0 Å². The van der Waals surface area contributed by atoms with Crippen molar-refractivity contribution in [3.05, 3.63) is 81.1 Å². The summed E-state index contributed by atoms with van der Waals surface area (Å²) in [7, 11) is 1.54. The number of rotatable bonds is 6. The van der Waals surface area contributed by atoms with Crippen molar-refractivity contribution in [3.63, 3.8) is 0 Å². The molecule has 2 aromatic carbocycles. The van der Waals surface area contributed by atoms with Crippen molar-refractivity contribution in [2.24, 2.45) is 0 Å². The summed E-state index contributed by atoms with van der Waals surface area (Å²) < 4.78 is 6.06. The maximum atomic E-state index is 12.2. The summed E-state index contributed by atoms with van der Waals surface area (Å²) in [6.45, 7) is -0.298.